The lowest BCUT2D eigenvalue weighted by Gasteiger charge is -2.10. The van der Waals surface area contributed by atoms with E-state index in [0.29, 0.717) is 5.82 Å². The Bertz CT molecular complexity index is 1130. The quantitative estimate of drug-likeness (QED) is 0.600. The van der Waals surface area contributed by atoms with Crippen LogP contribution in [0, 0.1) is 0 Å². The van der Waals surface area contributed by atoms with E-state index in [-0.39, 0.29) is 11.6 Å². The third kappa shape index (κ3) is 2.99. The van der Waals surface area contributed by atoms with Gasteiger partial charge in [0.15, 0.2) is 11.5 Å². The Morgan fingerprint density at radius 1 is 1.00 bits per heavy atom. The first-order valence-corrected chi connectivity index (χ1v) is 8.92. The van der Waals surface area contributed by atoms with Gasteiger partial charge in [0.05, 0.1) is 0 Å². The topological polar surface area (TPSA) is 63.1 Å². The second-order valence-corrected chi connectivity index (χ2v) is 6.62. The fourth-order valence-electron chi connectivity index (χ4n) is 3.35. The summed E-state index contributed by atoms with van der Waals surface area (Å²) in [6, 6.07) is 17.8. The zero-order chi connectivity index (χ0) is 19.0. The molecule has 2 aromatic carbocycles. The van der Waals surface area contributed by atoms with Gasteiger partial charge >= 0.3 is 0 Å². The summed E-state index contributed by atoms with van der Waals surface area (Å²) in [6.07, 6.45) is 0. The molecule has 0 radical (unpaired) electrons. The number of nitrogens with one attached hydrogen (secondary N) is 1. The van der Waals surface area contributed by atoms with Gasteiger partial charge in [0.2, 0.25) is 0 Å². The maximum Gasteiger partial charge on any atom is 0.276 e. The summed E-state index contributed by atoms with van der Waals surface area (Å²) >= 11 is 0. The molecule has 0 aliphatic heterocycles. The van der Waals surface area contributed by atoms with Crippen LogP contribution in [0.2, 0.25) is 0 Å². The van der Waals surface area contributed by atoms with Crippen LogP contribution in [0.25, 0.3) is 21.8 Å². The Morgan fingerprint density at radius 3 is 2.48 bits per heavy atom. The van der Waals surface area contributed by atoms with Crippen LogP contribution in [0.1, 0.15) is 17.4 Å². The standard InChI is InChI=1S/C21H21N5O/c1-4-26-18-8-6-5-7-15(18)16-13-14(9-11-19(16)26)22-21(27)17-10-12-20(24-23-17)25(2)3/h5-13H,4H2,1-3H3,(H,22,27). The largest absolute Gasteiger partial charge is 0.361 e. The van der Waals surface area contributed by atoms with E-state index in [1.807, 2.05) is 43.3 Å². The number of rotatable bonds is 4. The predicted molar refractivity (Wildman–Crippen MR) is 109 cm³/mol. The molecule has 0 saturated heterocycles. The number of hydrogen-bond acceptors (Lipinski definition) is 4. The number of fused-ring (bicyclic) bond motifs is 3. The van der Waals surface area contributed by atoms with Gasteiger partial charge in [-0.05, 0) is 43.3 Å². The second-order valence-electron chi connectivity index (χ2n) is 6.62. The van der Waals surface area contributed by atoms with Crippen molar-refractivity contribution < 1.29 is 4.79 Å². The van der Waals surface area contributed by atoms with Gasteiger partial charge in [-0.1, -0.05) is 18.2 Å². The molecule has 6 heteroatoms. The fourth-order valence-corrected chi connectivity index (χ4v) is 3.35. The van der Waals surface area contributed by atoms with Crippen molar-refractivity contribution in [3.8, 4) is 0 Å². The maximum atomic E-state index is 12.5. The third-order valence-corrected chi connectivity index (χ3v) is 4.69. The van der Waals surface area contributed by atoms with Crippen LogP contribution in [-0.4, -0.2) is 34.8 Å². The van der Waals surface area contributed by atoms with Crippen LogP contribution in [0.4, 0.5) is 11.5 Å². The van der Waals surface area contributed by atoms with Crippen LogP contribution in [0.15, 0.2) is 54.6 Å². The highest BCUT2D eigenvalue weighted by atomic mass is 16.1. The highest BCUT2D eigenvalue weighted by Gasteiger charge is 2.13. The molecule has 6 nitrogen and oxygen atoms in total. The van der Waals surface area contributed by atoms with Gasteiger partial charge < -0.3 is 14.8 Å². The molecule has 4 aromatic rings. The first kappa shape index (κ1) is 17.0. The van der Waals surface area contributed by atoms with Crippen molar-refractivity contribution >= 4 is 39.2 Å². The van der Waals surface area contributed by atoms with E-state index in [1.54, 1.807) is 12.1 Å². The molecule has 0 aliphatic rings. The minimum atomic E-state index is -0.272. The zero-order valence-corrected chi connectivity index (χ0v) is 15.6. The van der Waals surface area contributed by atoms with Crippen molar-refractivity contribution in [3.05, 3.63) is 60.3 Å². The molecule has 1 N–H and O–H groups in total. The molecule has 4 rings (SSSR count). The van der Waals surface area contributed by atoms with Crippen LogP contribution in [0.3, 0.4) is 0 Å². The average molecular weight is 359 g/mol. The number of benzene rings is 2. The molecule has 0 saturated carbocycles. The Labute approximate surface area is 157 Å². The van der Waals surface area contributed by atoms with Gasteiger partial charge in [-0.25, -0.2) is 0 Å². The number of carbonyl (C=O) groups excluding carboxylic acids is 1. The minimum absolute atomic E-state index is 0.272. The van der Waals surface area contributed by atoms with E-state index in [0.717, 1.165) is 23.1 Å². The van der Waals surface area contributed by atoms with Crippen molar-refractivity contribution in [2.45, 2.75) is 13.5 Å². The first-order valence-electron chi connectivity index (χ1n) is 8.92. The molecule has 0 aliphatic carbocycles. The molecule has 2 heterocycles. The number of para-hydroxylation sites is 1. The number of aromatic nitrogens is 3. The number of amides is 1. The number of carbonyl (C=O) groups is 1. The second kappa shape index (κ2) is 6.72. The van der Waals surface area contributed by atoms with Crippen LogP contribution in [-0.2, 0) is 6.54 Å². The average Bonchev–Trinajstić information content (AvgIpc) is 3.01. The summed E-state index contributed by atoms with van der Waals surface area (Å²) < 4.78 is 2.28. The van der Waals surface area contributed by atoms with E-state index >= 15 is 0 Å². The summed E-state index contributed by atoms with van der Waals surface area (Å²) in [5, 5.41) is 13.3. The minimum Gasteiger partial charge on any atom is -0.361 e. The van der Waals surface area contributed by atoms with Crippen molar-refractivity contribution in [1.82, 2.24) is 14.8 Å². The van der Waals surface area contributed by atoms with Gasteiger partial charge in [-0.2, -0.15) is 0 Å². The third-order valence-electron chi connectivity index (χ3n) is 4.69. The van der Waals surface area contributed by atoms with E-state index in [4.69, 9.17) is 0 Å². The molecule has 2 aromatic heterocycles. The Morgan fingerprint density at radius 2 is 1.78 bits per heavy atom. The maximum absolute atomic E-state index is 12.5. The molecule has 0 atom stereocenters. The summed E-state index contributed by atoms with van der Waals surface area (Å²) in [4.78, 5) is 14.4. The van der Waals surface area contributed by atoms with E-state index in [1.165, 1.54) is 10.9 Å². The first-order chi connectivity index (χ1) is 13.1. The highest BCUT2D eigenvalue weighted by molar-refractivity contribution is 6.10. The smallest absolute Gasteiger partial charge is 0.276 e. The molecule has 1 amide bonds. The molecular formula is C21H21N5O. The Kier molecular flexibility index (Phi) is 4.24. The van der Waals surface area contributed by atoms with Gasteiger partial charge in [0, 0.05) is 48.1 Å². The molecule has 0 fully saturated rings. The number of nitrogens with zero attached hydrogens (tertiary/aromatic N) is 4. The summed E-state index contributed by atoms with van der Waals surface area (Å²) in [5.41, 5.74) is 3.39. The lowest BCUT2D eigenvalue weighted by Crippen LogP contribution is -2.16. The monoisotopic (exact) mass is 359 g/mol. The highest BCUT2D eigenvalue weighted by Crippen LogP contribution is 2.31. The summed E-state index contributed by atoms with van der Waals surface area (Å²) in [6.45, 7) is 3.03. The normalized spacial score (nSPS) is 11.1. The Balaban J connectivity index is 1.68. The van der Waals surface area contributed by atoms with E-state index in [9.17, 15) is 4.79 Å². The van der Waals surface area contributed by atoms with Crippen LogP contribution < -0.4 is 10.2 Å². The summed E-state index contributed by atoms with van der Waals surface area (Å²) in [7, 11) is 3.76. The van der Waals surface area contributed by atoms with Crippen molar-refractivity contribution in [1.29, 1.82) is 0 Å². The van der Waals surface area contributed by atoms with Gasteiger partial charge in [-0.15, -0.1) is 10.2 Å². The molecule has 0 unspecified atom stereocenters. The number of aryl methyl sites for hydroxylation is 1. The SMILES string of the molecule is CCn1c2ccccc2c2cc(NC(=O)c3ccc(N(C)C)nn3)ccc21. The summed E-state index contributed by atoms with van der Waals surface area (Å²) in [5.74, 6) is 0.437. The lowest BCUT2D eigenvalue weighted by molar-refractivity contribution is 0.102. The molecule has 27 heavy (non-hydrogen) atoms. The van der Waals surface area contributed by atoms with Crippen molar-refractivity contribution in [2.75, 3.05) is 24.3 Å². The molecular weight excluding hydrogens is 338 g/mol. The van der Waals surface area contributed by atoms with Crippen molar-refractivity contribution in [2.24, 2.45) is 0 Å². The molecule has 0 bridgehead atoms. The number of hydrogen-bond donors (Lipinski definition) is 1. The van der Waals surface area contributed by atoms with Gasteiger partial charge in [-0.3, -0.25) is 4.79 Å². The van der Waals surface area contributed by atoms with E-state index in [2.05, 4.69) is 45.2 Å². The predicted octanol–water partition coefficient (Wildman–Crippen LogP) is 3.92. The zero-order valence-electron chi connectivity index (χ0n) is 15.6. The van der Waals surface area contributed by atoms with E-state index < -0.39 is 0 Å². The molecule has 0 spiro atoms. The number of anilines is 2. The van der Waals surface area contributed by atoms with Crippen molar-refractivity contribution in [3.63, 3.8) is 0 Å². The van der Waals surface area contributed by atoms with Gasteiger partial charge in [0.25, 0.3) is 5.91 Å². The Hall–Kier alpha value is -3.41. The van der Waals surface area contributed by atoms with Crippen LogP contribution >= 0.6 is 0 Å². The fraction of sp³-hybridized carbons (Fsp3) is 0.190. The van der Waals surface area contributed by atoms with Gasteiger partial charge in [0.1, 0.15) is 0 Å². The lowest BCUT2D eigenvalue weighted by atomic mass is 10.1. The molecule has 136 valence electrons. The van der Waals surface area contributed by atoms with Crippen LogP contribution in [0.5, 0.6) is 0 Å².